The summed E-state index contributed by atoms with van der Waals surface area (Å²) in [6, 6.07) is 10.5. The van der Waals surface area contributed by atoms with Gasteiger partial charge in [-0.1, -0.05) is 12.1 Å². The molecule has 1 amide bonds. The summed E-state index contributed by atoms with van der Waals surface area (Å²) in [6.45, 7) is 0. The lowest BCUT2D eigenvalue weighted by Crippen LogP contribution is -2.31. The van der Waals surface area contributed by atoms with Gasteiger partial charge in [0.25, 0.3) is 0 Å². The fourth-order valence-corrected chi connectivity index (χ4v) is 5.17. The number of Topliss-reactive ketones (excluding diaryl/α,β-unsaturated/α-hetero) is 1. The van der Waals surface area contributed by atoms with E-state index in [1.54, 1.807) is 17.8 Å². The number of halogens is 1. The molecule has 1 aliphatic carbocycles. The standard InChI is InChI=1S/C23H24FNO2S/c24-18-7-9-22-19(14-18)20(11-12-28-22)25-23(27)10-8-21(26)17-6-5-15-3-1-2-4-16(15)13-17/h5-7,9,13-14,20H,1-4,8,10-12H2,(H,25,27). The van der Waals surface area contributed by atoms with Gasteiger partial charge >= 0.3 is 0 Å². The first-order valence-electron chi connectivity index (χ1n) is 9.97. The first kappa shape index (κ1) is 19.2. The van der Waals surface area contributed by atoms with Gasteiger partial charge in [0.2, 0.25) is 5.91 Å². The number of carbonyl (C=O) groups excluding carboxylic acids is 2. The Hall–Kier alpha value is -2.14. The van der Waals surface area contributed by atoms with Crippen LogP contribution in [0.3, 0.4) is 0 Å². The predicted molar refractivity (Wildman–Crippen MR) is 109 cm³/mol. The third kappa shape index (κ3) is 4.30. The maximum absolute atomic E-state index is 13.6. The fraction of sp³-hybridized carbons (Fsp3) is 0.391. The topological polar surface area (TPSA) is 46.2 Å². The summed E-state index contributed by atoms with van der Waals surface area (Å²) in [5, 5.41) is 2.99. The van der Waals surface area contributed by atoms with Gasteiger partial charge in [-0.25, -0.2) is 4.39 Å². The zero-order valence-corrected chi connectivity index (χ0v) is 16.6. The third-order valence-corrected chi connectivity index (χ3v) is 6.72. The van der Waals surface area contributed by atoms with Crippen LogP contribution in [0.2, 0.25) is 0 Å². The summed E-state index contributed by atoms with van der Waals surface area (Å²) in [6.07, 6.45) is 5.64. The number of aryl methyl sites for hydroxylation is 2. The van der Waals surface area contributed by atoms with Gasteiger partial charge in [0, 0.05) is 29.1 Å². The van der Waals surface area contributed by atoms with Gasteiger partial charge in [-0.15, -0.1) is 11.8 Å². The van der Waals surface area contributed by atoms with Gasteiger partial charge in [-0.05, 0) is 73.1 Å². The van der Waals surface area contributed by atoms with Gasteiger partial charge in [0.15, 0.2) is 5.78 Å². The van der Waals surface area contributed by atoms with Crippen molar-refractivity contribution < 1.29 is 14.0 Å². The molecule has 0 spiro atoms. The van der Waals surface area contributed by atoms with Gasteiger partial charge < -0.3 is 5.32 Å². The first-order chi connectivity index (χ1) is 13.6. The van der Waals surface area contributed by atoms with E-state index in [9.17, 15) is 14.0 Å². The minimum Gasteiger partial charge on any atom is -0.349 e. The fourth-order valence-electron chi connectivity index (χ4n) is 4.06. The number of benzene rings is 2. The molecule has 1 heterocycles. The van der Waals surface area contributed by atoms with Crippen LogP contribution in [-0.4, -0.2) is 17.4 Å². The molecule has 0 aromatic heterocycles. The molecule has 28 heavy (non-hydrogen) atoms. The van der Waals surface area contributed by atoms with E-state index in [1.807, 2.05) is 12.1 Å². The highest BCUT2D eigenvalue weighted by Crippen LogP contribution is 2.36. The third-order valence-electron chi connectivity index (χ3n) is 5.60. The second kappa shape index (κ2) is 8.48. The minimum atomic E-state index is -0.289. The number of rotatable bonds is 5. The Kier molecular flexibility index (Phi) is 5.81. The molecule has 4 rings (SSSR count). The maximum Gasteiger partial charge on any atom is 0.220 e. The van der Waals surface area contributed by atoms with E-state index < -0.39 is 0 Å². The van der Waals surface area contributed by atoms with Crippen LogP contribution in [0.1, 0.15) is 65.2 Å². The summed E-state index contributed by atoms with van der Waals surface area (Å²) in [5.41, 5.74) is 4.17. The van der Waals surface area contributed by atoms with Crippen molar-refractivity contribution in [2.24, 2.45) is 0 Å². The minimum absolute atomic E-state index is 0.00849. The Morgan fingerprint density at radius 3 is 2.71 bits per heavy atom. The summed E-state index contributed by atoms with van der Waals surface area (Å²) in [5.74, 6) is 0.452. The van der Waals surface area contributed by atoms with Gasteiger partial charge in [0.1, 0.15) is 5.82 Å². The summed E-state index contributed by atoms with van der Waals surface area (Å²) in [4.78, 5) is 26.0. The van der Waals surface area contributed by atoms with E-state index >= 15 is 0 Å². The van der Waals surface area contributed by atoms with Crippen LogP contribution < -0.4 is 5.32 Å². The molecule has 3 nitrogen and oxygen atoms in total. The van der Waals surface area contributed by atoms with E-state index in [0.717, 1.165) is 35.5 Å². The first-order valence-corrected chi connectivity index (χ1v) is 11.0. The van der Waals surface area contributed by atoms with Crippen LogP contribution in [-0.2, 0) is 17.6 Å². The van der Waals surface area contributed by atoms with Gasteiger partial charge in [-0.3, -0.25) is 9.59 Å². The monoisotopic (exact) mass is 397 g/mol. The van der Waals surface area contributed by atoms with Crippen LogP contribution in [0.25, 0.3) is 0 Å². The maximum atomic E-state index is 13.6. The van der Waals surface area contributed by atoms with E-state index in [4.69, 9.17) is 0 Å². The molecular weight excluding hydrogens is 373 g/mol. The number of hydrogen-bond donors (Lipinski definition) is 1. The zero-order valence-electron chi connectivity index (χ0n) is 15.8. The molecule has 2 aliphatic rings. The molecule has 0 radical (unpaired) electrons. The lowest BCUT2D eigenvalue weighted by atomic mass is 9.89. The zero-order chi connectivity index (χ0) is 19.5. The second-order valence-electron chi connectivity index (χ2n) is 7.55. The summed E-state index contributed by atoms with van der Waals surface area (Å²) < 4.78 is 13.6. The number of carbonyl (C=O) groups is 2. The van der Waals surface area contributed by atoms with Crippen LogP contribution >= 0.6 is 11.8 Å². The van der Waals surface area contributed by atoms with Crippen LogP contribution in [0, 0.1) is 5.82 Å². The molecule has 0 saturated carbocycles. The Morgan fingerprint density at radius 2 is 1.86 bits per heavy atom. The van der Waals surface area contributed by atoms with Crippen LogP contribution in [0.15, 0.2) is 41.3 Å². The van der Waals surface area contributed by atoms with Crippen molar-refractivity contribution in [3.05, 3.63) is 64.5 Å². The number of fused-ring (bicyclic) bond motifs is 2. The van der Waals surface area contributed by atoms with Gasteiger partial charge in [-0.2, -0.15) is 0 Å². The Morgan fingerprint density at radius 1 is 1.04 bits per heavy atom. The molecule has 0 saturated heterocycles. The summed E-state index contributed by atoms with van der Waals surface area (Å²) in [7, 11) is 0. The van der Waals surface area contributed by atoms with Crippen LogP contribution in [0.5, 0.6) is 0 Å². The van der Waals surface area contributed by atoms with Crippen molar-refractivity contribution in [3.63, 3.8) is 0 Å². The van der Waals surface area contributed by atoms with Crippen molar-refractivity contribution in [1.82, 2.24) is 5.32 Å². The number of amides is 1. The van der Waals surface area contributed by atoms with E-state index in [2.05, 4.69) is 11.4 Å². The lowest BCUT2D eigenvalue weighted by molar-refractivity contribution is -0.121. The van der Waals surface area contributed by atoms with E-state index in [0.29, 0.717) is 5.56 Å². The van der Waals surface area contributed by atoms with Crippen molar-refractivity contribution >= 4 is 23.5 Å². The molecule has 0 bridgehead atoms. The number of nitrogens with one attached hydrogen (secondary N) is 1. The Labute approximate surface area is 169 Å². The predicted octanol–water partition coefficient (Wildman–Crippen LogP) is 5.02. The van der Waals surface area contributed by atoms with Crippen molar-refractivity contribution in [2.45, 2.75) is 55.9 Å². The number of hydrogen-bond acceptors (Lipinski definition) is 3. The smallest absolute Gasteiger partial charge is 0.220 e. The quantitative estimate of drug-likeness (QED) is 0.721. The largest absolute Gasteiger partial charge is 0.349 e. The number of thioether (sulfide) groups is 1. The van der Waals surface area contributed by atoms with Crippen LogP contribution in [0.4, 0.5) is 4.39 Å². The van der Waals surface area contributed by atoms with Crippen molar-refractivity contribution in [3.8, 4) is 0 Å². The average Bonchev–Trinajstić information content (AvgIpc) is 2.72. The molecule has 5 heteroatoms. The van der Waals surface area contributed by atoms with Crippen molar-refractivity contribution in [1.29, 1.82) is 0 Å². The molecule has 1 aliphatic heterocycles. The number of ketones is 1. The molecule has 2 aromatic rings. The Bertz CT molecular complexity index is 911. The lowest BCUT2D eigenvalue weighted by Gasteiger charge is -2.26. The highest BCUT2D eigenvalue weighted by molar-refractivity contribution is 7.99. The molecule has 146 valence electrons. The molecule has 1 atom stereocenters. The highest BCUT2D eigenvalue weighted by Gasteiger charge is 2.23. The molecule has 0 fully saturated rings. The van der Waals surface area contributed by atoms with Gasteiger partial charge in [0.05, 0.1) is 6.04 Å². The second-order valence-corrected chi connectivity index (χ2v) is 8.69. The highest BCUT2D eigenvalue weighted by atomic mass is 32.2. The normalized spacial score (nSPS) is 18.1. The SMILES string of the molecule is O=C(CCC(=O)c1ccc2c(c1)CCCC2)NC1CCSc2ccc(F)cc21. The van der Waals surface area contributed by atoms with E-state index in [-0.39, 0.29) is 36.4 Å². The molecular formula is C23H24FNO2S. The summed E-state index contributed by atoms with van der Waals surface area (Å²) >= 11 is 1.68. The van der Waals surface area contributed by atoms with Crippen molar-refractivity contribution in [2.75, 3.05) is 5.75 Å². The average molecular weight is 398 g/mol. The molecule has 1 unspecified atom stereocenters. The molecule has 1 N–H and O–H groups in total. The molecule has 2 aromatic carbocycles. The Balaban J connectivity index is 1.35. The van der Waals surface area contributed by atoms with E-state index in [1.165, 1.54) is 36.1 Å².